The van der Waals surface area contributed by atoms with Crippen molar-refractivity contribution in [3.05, 3.63) is 29.3 Å². The number of hydrogen-bond acceptors (Lipinski definition) is 2. The van der Waals surface area contributed by atoms with Crippen molar-refractivity contribution in [2.24, 2.45) is 5.10 Å². The van der Waals surface area contributed by atoms with Crippen molar-refractivity contribution in [1.29, 1.82) is 0 Å². The van der Waals surface area contributed by atoms with E-state index in [1.807, 2.05) is 0 Å². The lowest BCUT2D eigenvalue weighted by Crippen LogP contribution is -2.38. The largest absolute Gasteiger partial charge is 0.408 e. The molecule has 0 fully saturated rings. The molecule has 0 aliphatic carbocycles. The van der Waals surface area contributed by atoms with Gasteiger partial charge < -0.3 is 5.32 Å². The summed E-state index contributed by atoms with van der Waals surface area (Å²) >= 11 is 10.7. The Labute approximate surface area is 125 Å². The monoisotopic (exact) mass is 323 g/mol. The van der Waals surface area contributed by atoms with E-state index < -0.39 is 12.7 Å². The number of halogens is 4. The highest BCUT2D eigenvalue weighted by molar-refractivity contribution is 7.80. The van der Waals surface area contributed by atoms with Crippen LogP contribution in [0.3, 0.4) is 0 Å². The molecule has 0 radical (unpaired) electrons. The normalized spacial score (nSPS) is 10.9. The molecule has 0 saturated heterocycles. The van der Waals surface area contributed by atoms with E-state index in [1.54, 1.807) is 38.1 Å². The maximum atomic E-state index is 12.5. The van der Waals surface area contributed by atoms with E-state index in [0.717, 1.165) is 0 Å². The van der Waals surface area contributed by atoms with E-state index in [9.17, 15) is 13.2 Å². The second-order valence-electron chi connectivity index (χ2n) is 4.16. The molecule has 0 aromatic heterocycles. The SMILES string of the molecule is CC(C)=NN(CC(F)(F)F)C(=S)Nc1cccc(Cl)c1. The zero-order chi connectivity index (χ0) is 15.3. The van der Waals surface area contributed by atoms with Crippen molar-refractivity contribution in [3.8, 4) is 0 Å². The van der Waals surface area contributed by atoms with Gasteiger partial charge in [0.1, 0.15) is 6.54 Å². The third-order valence-corrected chi connectivity index (χ3v) is 2.51. The molecule has 110 valence electrons. The minimum atomic E-state index is -4.40. The number of benzene rings is 1. The van der Waals surface area contributed by atoms with Crippen LogP contribution in [0.5, 0.6) is 0 Å². The number of hydrogen-bond donors (Lipinski definition) is 1. The predicted octanol–water partition coefficient (Wildman–Crippen LogP) is 4.30. The first kappa shape index (κ1) is 16.7. The summed E-state index contributed by atoms with van der Waals surface area (Å²) in [5, 5.41) is 7.46. The zero-order valence-corrected chi connectivity index (χ0v) is 12.4. The van der Waals surface area contributed by atoms with E-state index in [0.29, 0.717) is 21.4 Å². The van der Waals surface area contributed by atoms with Crippen molar-refractivity contribution in [2.75, 3.05) is 11.9 Å². The number of thiocarbonyl (C=S) groups is 1. The van der Waals surface area contributed by atoms with Gasteiger partial charge in [0, 0.05) is 16.4 Å². The highest BCUT2D eigenvalue weighted by Gasteiger charge is 2.32. The van der Waals surface area contributed by atoms with Gasteiger partial charge in [-0.1, -0.05) is 17.7 Å². The molecule has 1 rings (SSSR count). The lowest BCUT2D eigenvalue weighted by atomic mass is 10.3. The third-order valence-electron chi connectivity index (χ3n) is 1.96. The molecular weight excluding hydrogens is 311 g/mol. The van der Waals surface area contributed by atoms with Crippen molar-refractivity contribution in [1.82, 2.24) is 5.01 Å². The Kier molecular flexibility index (Phi) is 5.76. The Bertz CT molecular complexity index is 513. The van der Waals surface area contributed by atoms with Gasteiger partial charge in [-0.25, -0.2) is 5.01 Å². The van der Waals surface area contributed by atoms with Crippen LogP contribution in [-0.2, 0) is 0 Å². The first-order valence-corrected chi connectivity index (χ1v) is 6.38. The molecule has 1 N–H and O–H groups in total. The average Bonchev–Trinajstić information content (AvgIpc) is 2.25. The molecule has 1 aromatic carbocycles. The lowest BCUT2D eigenvalue weighted by Gasteiger charge is -2.22. The number of anilines is 1. The van der Waals surface area contributed by atoms with Crippen molar-refractivity contribution in [2.45, 2.75) is 20.0 Å². The summed E-state index contributed by atoms with van der Waals surface area (Å²) in [4.78, 5) is 0. The van der Waals surface area contributed by atoms with Crippen molar-refractivity contribution < 1.29 is 13.2 Å². The molecule has 0 unspecified atom stereocenters. The minimum absolute atomic E-state index is 0.147. The standard InChI is InChI=1S/C12H13ClF3N3S/c1-8(2)18-19(7-12(14,15)16)11(20)17-10-5-3-4-9(13)6-10/h3-6H,7H2,1-2H3,(H,17,20). The molecule has 0 atom stereocenters. The van der Waals surface area contributed by atoms with Gasteiger partial charge in [0.25, 0.3) is 0 Å². The zero-order valence-electron chi connectivity index (χ0n) is 10.8. The van der Waals surface area contributed by atoms with Gasteiger partial charge in [0.05, 0.1) is 0 Å². The first-order chi connectivity index (χ1) is 9.17. The third kappa shape index (κ3) is 6.21. The molecule has 0 bridgehead atoms. The molecule has 1 aromatic rings. The Hall–Kier alpha value is -1.34. The van der Waals surface area contributed by atoms with Gasteiger partial charge in [-0.3, -0.25) is 0 Å². The number of rotatable bonds is 3. The highest BCUT2D eigenvalue weighted by Crippen LogP contribution is 2.19. The maximum Gasteiger partial charge on any atom is 0.408 e. The molecule has 0 aliphatic rings. The van der Waals surface area contributed by atoms with Gasteiger partial charge in [0.15, 0.2) is 5.11 Å². The Morgan fingerprint density at radius 3 is 2.55 bits per heavy atom. The molecule has 0 aliphatic heterocycles. The summed E-state index contributed by atoms with van der Waals surface area (Å²) in [5.74, 6) is 0. The van der Waals surface area contributed by atoms with E-state index in [4.69, 9.17) is 23.8 Å². The van der Waals surface area contributed by atoms with E-state index in [1.165, 1.54) is 0 Å². The molecule has 0 saturated carbocycles. The quantitative estimate of drug-likeness (QED) is 0.510. The van der Waals surface area contributed by atoms with Crippen LogP contribution in [0.4, 0.5) is 18.9 Å². The van der Waals surface area contributed by atoms with Gasteiger partial charge >= 0.3 is 6.18 Å². The second-order valence-corrected chi connectivity index (χ2v) is 4.98. The predicted molar refractivity (Wildman–Crippen MR) is 79.2 cm³/mol. The fraction of sp³-hybridized carbons (Fsp3) is 0.333. The Balaban J connectivity index is 2.86. The highest BCUT2D eigenvalue weighted by atomic mass is 35.5. The number of nitrogens with zero attached hydrogens (tertiary/aromatic N) is 2. The number of hydrazone groups is 1. The molecule has 0 amide bonds. The molecule has 0 heterocycles. The Morgan fingerprint density at radius 2 is 2.05 bits per heavy atom. The molecule has 8 heteroatoms. The summed E-state index contributed by atoms with van der Waals surface area (Å²) < 4.78 is 37.5. The van der Waals surface area contributed by atoms with Gasteiger partial charge in [-0.05, 0) is 44.3 Å². The average molecular weight is 324 g/mol. The Morgan fingerprint density at radius 1 is 1.40 bits per heavy atom. The fourth-order valence-corrected chi connectivity index (χ4v) is 1.73. The summed E-state index contributed by atoms with van der Waals surface area (Å²) in [6.07, 6.45) is -4.40. The molecule has 3 nitrogen and oxygen atoms in total. The summed E-state index contributed by atoms with van der Waals surface area (Å²) in [7, 11) is 0. The van der Waals surface area contributed by atoms with Gasteiger partial charge in [0.2, 0.25) is 0 Å². The summed E-state index contributed by atoms with van der Waals surface area (Å²) in [6.45, 7) is 1.92. The van der Waals surface area contributed by atoms with Crippen LogP contribution in [-0.4, -0.2) is 28.6 Å². The van der Waals surface area contributed by atoms with E-state index >= 15 is 0 Å². The first-order valence-electron chi connectivity index (χ1n) is 5.60. The van der Waals surface area contributed by atoms with Crippen LogP contribution < -0.4 is 5.32 Å². The minimum Gasteiger partial charge on any atom is -0.331 e. The number of nitrogens with one attached hydrogen (secondary N) is 1. The molecular formula is C12H13ClF3N3S. The van der Waals surface area contributed by atoms with Crippen LogP contribution in [0.15, 0.2) is 29.4 Å². The lowest BCUT2D eigenvalue weighted by molar-refractivity contribution is -0.137. The maximum absolute atomic E-state index is 12.5. The molecule has 0 spiro atoms. The van der Waals surface area contributed by atoms with Crippen LogP contribution in [0.25, 0.3) is 0 Å². The summed E-state index contributed by atoms with van der Waals surface area (Å²) in [6, 6.07) is 6.52. The summed E-state index contributed by atoms with van der Waals surface area (Å²) in [5.41, 5.74) is 0.961. The van der Waals surface area contributed by atoms with Crippen molar-refractivity contribution >= 4 is 40.3 Å². The van der Waals surface area contributed by atoms with Crippen LogP contribution in [0.1, 0.15) is 13.8 Å². The van der Waals surface area contributed by atoms with Crippen LogP contribution >= 0.6 is 23.8 Å². The van der Waals surface area contributed by atoms with Gasteiger partial charge in [-0.15, -0.1) is 0 Å². The topological polar surface area (TPSA) is 27.6 Å². The fourth-order valence-electron chi connectivity index (χ4n) is 1.32. The van der Waals surface area contributed by atoms with Crippen molar-refractivity contribution in [3.63, 3.8) is 0 Å². The van der Waals surface area contributed by atoms with E-state index in [-0.39, 0.29) is 5.11 Å². The molecule has 20 heavy (non-hydrogen) atoms. The second kappa shape index (κ2) is 6.90. The van der Waals surface area contributed by atoms with Gasteiger partial charge in [-0.2, -0.15) is 18.3 Å². The number of alkyl halides is 3. The van der Waals surface area contributed by atoms with E-state index in [2.05, 4.69) is 10.4 Å². The smallest absolute Gasteiger partial charge is 0.331 e. The van der Waals surface area contributed by atoms with Crippen LogP contribution in [0, 0.1) is 0 Å². The van der Waals surface area contributed by atoms with Crippen LogP contribution in [0.2, 0.25) is 5.02 Å².